The highest BCUT2D eigenvalue weighted by Crippen LogP contribution is 2.49. The van der Waals surface area contributed by atoms with Gasteiger partial charge in [-0.3, -0.25) is 14.5 Å². The van der Waals surface area contributed by atoms with Crippen molar-refractivity contribution in [2.24, 2.45) is 11.8 Å². The van der Waals surface area contributed by atoms with Gasteiger partial charge in [0.2, 0.25) is 5.91 Å². The second kappa shape index (κ2) is 9.76. The summed E-state index contributed by atoms with van der Waals surface area (Å²) in [6.45, 7) is 2.97. The van der Waals surface area contributed by atoms with E-state index in [2.05, 4.69) is 10.2 Å². The van der Waals surface area contributed by atoms with Crippen LogP contribution in [0.2, 0.25) is 0 Å². The number of halogens is 1. The largest absolute Gasteiger partial charge is 0.396 e. The number of hydrogen-bond acceptors (Lipinski definition) is 4. The average molecular weight is 476 g/mol. The average Bonchev–Trinajstić information content (AvgIpc) is 3.08. The minimum absolute atomic E-state index is 0.111. The summed E-state index contributed by atoms with van der Waals surface area (Å²) in [4.78, 5) is 29.1. The normalized spacial score (nSPS) is 23.2. The molecule has 3 aromatic rings. The Morgan fingerprint density at radius 1 is 1.09 bits per heavy atom. The highest BCUT2D eigenvalue weighted by atomic mass is 19.1. The summed E-state index contributed by atoms with van der Waals surface area (Å²) >= 11 is 0. The van der Waals surface area contributed by atoms with Gasteiger partial charge in [-0.15, -0.1) is 0 Å². The van der Waals surface area contributed by atoms with Gasteiger partial charge in [0.05, 0.1) is 12.0 Å². The number of rotatable bonds is 7. The summed E-state index contributed by atoms with van der Waals surface area (Å²) in [5, 5.41) is 13.4. The maximum absolute atomic E-state index is 14.6. The van der Waals surface area contributed by atoms with Crippen molar-refractivity contribution in [1.29, 1.82) is 0 Å². The molecule has 0 spiro atoms. The van der Waals surface area contributed by atoms with Crippen LogP contribution >= 0.6 is 0 Å². The van der Waals surface area contributed by atoms with Crippen molar-refractivity contribution >= 4 is 5.91 Å². The predicted octanol–water partition coefficient (Wildman–Crippen LogP) is 3.34. The zero-order valence-corrected chi connectivity index (χ0v) is 19.7. The molecule has 2 N–H and O–H groups in total. The monoisotopic (exact) mass is 475 g/mol. The lowest BCUT2D eigenvalue weighted by molar-refractivity contribution is -0.127. The molecule has 1 fully saturated rings. The third-order valence-corrected chi connectivity index (χ3v) is 7.42. The van der Waals surface area contributed by atoms with Gasteiger partial charge in [0.1, 0.15) is 5.82 Å². The number of amides is 1. The van der Waals surface area contributed by atoms with Gasteiger partial charge in [-0.25, -0.2) is 4.39 Å². The van der Waals surface area contributed by atoms with Crippen molar-refractivity contribution in [3.8, 4) is 11.1 Å². The van der Waals surface area contributed by atoms with Gasteiger partial charge in [-0.2, -0.15) is 0 Å². The zero-order chi connectivity index (χ0) is 24.5. The highest BCUT2D eigenvalue weighted by Gasteiger charge is 2.55. The van der Waals surface area contributed by atoms with Gasteiger partial charge in [0.15, 0.2) is 0 Å². The smallest absolute Gasteiger partial charge is 0.258 e. The Hall–Kier alpha value is -3.29. The second-order valence-corrected chi connectivity index (χ2v) is 9.39. The van der Waals surface area contributed by atoms with Gasteiger partial charge in [0, 0.05) is 55.0 Å². The van der Waals surface area contributed by atoms with Crippen LogP contribution in [0.4, 0.5) is 4.39 Å². The van der Waals surface area contributed by atoms with Crippen LogP contribution in [0, 0.1) is 17.7 Å². The van der Waals surface area contributed by atoms with E-state index in [1.165, 1.54) is 6.07 Å². The van der Waals surface area contributed by atoms with E-state index in [0.29, 0.717) is 30.8 Å². The van der Waals surface area contributed by atoms with Crippen LogP contribution in [-0.4, -0.2) is 39.7 Å². The molecule has 182 valence electrons. The topological polar surface area (TPSA) is 74.6 Å². The first-order valence-corrected chi connectivity index (χ1v) is 12.2. The van der Waals surface area contributed by atoms with E-state index in [1.807, 2.05) is 49.4 Å². The van der Waals surface area contributed by atoms with Gasteiger partial charge in [-0.05, 0) is 30.2 Å². The first-order chi connectivity index (χ1) is 17.0. The molecule has 0 radical (unpaired) electrons. The molecule has 7 heteroatoms. The summed E-state index contributed by atoms with van der Waals surface area (Å²) in [7, 11) is 0. The standard InChI is InChI=1S/C28H30FN3O3/c1-2-14-30-27(34)25-21(17-33)24-16-32-23(13-12-20(28(32)35)18-8-4-3-5-9-18)26(25)31(24)15-19-10-6-7-11-22(19)29/h3-13,21,24-26,33H,2,14-17H2,1H3,(H,30,34)/t21-,24-,25+,26+/m1/s1. The number of hydrogen-bond donors (Lipinski definition) is 2. The molecule has 1 aromatic heterocycles. The van der Waals surface area contributed by atoms with Crippen LogP contribution < -0.4 is 10.9 Å². The summed E-state index contributed by atoms with van der Waals surface area (Å²) in [5.41, 5.74) is 2.59. The Balaban J connectivity index is 1.62. The van der Waals surface area contributed by atoms with Crippen LogP contribution in [0.25, 0.3) is 11.1 Å². The summed E-state index contributed by atoms with van der Waals surface area (Å²) in [6, 6.07) is 19.2. The fraction of sp³-hybridized carbons (Fsp3) is 0.357. The van der Waals surface area contributed by atoms with E-state index in [-0.39, 0.29) is 35.9 Å². The number of pyridine rings is 1. The molecule has 1 saturated heterocycles. The number of carbonyl (C=O) groups excluding carboxylic acids is 1. The van der Waals surface area contributed by atoms with Gasteiger partial charge in [0.25, 0.3) is 5.56 Å². The number of aliphatic hydroxyl groups excluding tert-OH is 1. The van der Waals surface area contributed by atoms with Crippen molar-refractivity contribution < 1.29 is 14.3 Å². The van der Waals surface area contributed by atoms with E-state index >= 15 is 0 Å². The fourth-order valence-corrected chi connectivity index (χ4v) is 5.77. The van der Waals surface area contributed by atoms with Crippen LogP contribution in [0.3, 0.4) is 0 Å². The van der Waals surface area contributed by atoms with Crippen LogP contribution in [0.1, 0.15) is 30.6 Å². The Morgan fingerprint density at radius 3 is 2.54 bits per heavy atom. The van der Waals surface area contributed by atoms with Gasteiger partial charge in [-0.1, -0.05) is 55.5 Å². The first-order valence-electron chi connectivity index (χ1n) is 12.2. The summed E-state index contributed by atoms with van der Waals surface area (Å²) in [6.07, 6.45) is 0.797. The molecule has 0 unspecified atom stereocenters. The summed E-state index contributed by atoms with van der Waals surface area (Å²) < 4.78 is 16.4. The Morgan fingerprint density at radius 2 is 1.83 bits per heavy atom. The van der Waals surface area contributed by atoms with Crippen LogP contribution in [0.15, 0.2) is 71.5 Å². The van der Waals surface area contributed by atoms with Crippen molar-refractivity contribution in [1.82, 2.24) is 14.8 Å². The lowest BCUT2D eigenvalue weighted by Crippen LogP contribution is -2.46. The molecule has 2 aromatic carbocycles. The Labute approximate surface area is 204 Å². The minimum Gasteiger partial charge on any atom is -0.396 e. The maximum Gasteiger partial charge on any atom is 0.258 e. The van der Waals surface area contributed by atoms with E-state index in [1.54, 1.807) is 22.8 Å². The zero-order valence-electron chi connectivity index (χ0n) is 19.7. The first kappa shape index (κ1) is 23.5. The molecule has 0 aliphatic carbocycles. The molecule has 2 aliphatic heterocycles. The van der Waals surface area contributed by atoms with Crippen molar-refractivity contribution in [3.05, 3.63) is 94.2 Å². The number of aromatic nitrogens is 1. The van der Waals surface area contributed by atoms with Gasteiger partial charge < -0.3 is 15.0 Å². The highest BCUT2D eigenvalue weighted by molar-refractivity contribution is 5.80. The molecule has 2 bridgehead atoms. The molecule has 5 rings (SSSR count). The molecule has 3 heterocycles. The minimum atomic E-state index is -0.543. The number of fused-ring (bicyclic) bond motifs is 4. The molecule has 4 atom stereocenters. The van der Waals surface area contributed by atoms with E-state index in [4.69, 9.17) is 0 Å². The molecule has 1 amide bonds. The van der Waals surface area contributed by atoms with Crippen molar-refractivity contribution in [2.75, 3.05) is 13.2 Å². The molecular weight excluding hydrogens is 445 g/mol. The van der Waals surface area contributed by atoms with Crippen LogP contribution in [0.5, 0.6) is 0 Å². The number of aliphatic hydroxyl groups is 1. The SMILES string of the molecule is CCCNC(=O)[C@H]1[C@H](CO)[C@H]2Cn3c(ccc(-c4ccccc4)c3=O)[C@@H]1N2Cc1ccccc1F. The molecule has 6 nitrogen and oxygen atoms in total. The molecule has 2 aliphatic rings. The molecule has 35 heavy (non-hydrogen) atoms. The number of carbonyl (C=O) groups is 1. The number of nitrogens with one attached hydrogen (secondary N) is 1. The number of benzene rings is 2. The van der Waals surface area contributed by atoms with Gasteiger partial charge >= 0.3 is 0 Å². The van der Waals surface area contributed by atoms with Crippen molar-refractivity contribution in [3.63, 3.8) is 0 Å². The van der Waals surface area contributed by atoms with E-state index in [9.17, 15) is 19.1 Å². The van der Waals surface area contributed by atoms with E-state index in [0.717, 1.165) is 17.7 Å². The predicted molar refractivity (Wildman–Crippen MR) is 132 cm³/mol. The second-order valence-electron chi connectivity index (χ2n) is 9.39. The lowest BCUT2D eigenvalue weighted by atomic mass is 9.86. The molecular formula is C28H30FN3O3. The summed E-state index contributed by atoms with van der Waals surface area (Å²) in [5.74, 6) is -1.35. The third-order valence-electron chi connectivity index (χ3n) is 7.42. The Bertz CT molecular complexity index is 1280. The lowest BCUT2D eigenvalue weighted by Gasteiger charge is -2.38. The van der Waals surface area contributed by atoms with Crippen LogP contribution in [-0.2, 0) is 17.9 Å². The number of nitrogens with zero attached hydrogens (tertiary/aromatic N) is 2. The Kier molecular flexibility index (Phi) is 6.54. The quantitative estimate of drug-likeness (QED) is 0.550. The third kappa shape index (κ3) is 4.09. The maximum atomic E-state index is 14.6. The van der Waals surface area contributed by atoms with E-state index < -0.39 is 12.0 Å². The molecule has 0 saturated carbocycles. The van der Waals surface area contributed by atoms with Crippen molar-refractivity contribution in [2.45, 2.75) is 38.5 Å². The fourth-order valence-electron chi connectivity index (χ4n) is 5.77.